The van der Waals surface area contributed by atoms with Gasteiger partial charge in [-0.1, -0.05) is 12.1 Å². The van der Waals surface area contributed by atoms with Gasteiger partial charge in [-0.25, -0.2) is 9.37 Å². The minimum atomic E-state index is -0.739. The van der Waals surface area contributed by atoms with Crippen LogP contribution in [0.5, 0.6) is 0 Å². The molecule has 28 heavy (non-hydrogen) atoms. The molecule has 3 fully saturated rings. The lowest BCUT2D eigenvalue weighted by atomic mass is 9.89. The Balaban J connectivity index is 1.34. The van der Waals surface area contributed by atoms with Gasteiger partial charge in [0.25, 0.3) is 5.91 Å². The molecule has 2 atom stereocenters. The standard InChI is InChI=1S/C22H24FN3O2/c1-15-7-10-24-19(13-15)25-11-8-22(9-12-25)21(27)26-18(5-6-20(26)28-22)16-3-2-4-17(23)14-16/h2-4,7,10,13-14,18,20H,5-6,8-9,11-12H2,1H3/t18-,20+/m0/s1. The zero-order valence-electron chi connectivity index (χ0n) is 16.0. The highest BCUT2D eigenvalue weighted by atomic mass is 19.1. The van der Waals surface area contributed by atoms with E-state index in [-0.39, 0.29) is 24.0 Å². The number of aryl methyl sites for hydroxylation is 1. The molecule has 1 spiro atoms. The molecule has 6 heteroatoms. The minimum Gasteiger partial charge on any atom is -0.356 e. The average molecular weight is 381 g/mol. The largest absolute Gasteiger partial charge is 0.356 e. The van der Waals surface area contributed by atoms with Gasteiger partial charge < -0.3 is 14.5 Å². The Kier molecular flexibility index (Phi) is 4.12. The molecule has 1 aromatic carbocycles. The van der Waals surface area contributed by atoms with E-state index in [1.165, 1.54) is 17.7 Å². The van der Waals surface area contributed by atoms with Crippen molar-refractivity contribution in [1.29, 1.82) is 0 Å². The van der Waals surface area contributed by atoms with Crippen molar-refractivity contribution in [2.24, 2.45) is 0 Å². The summed E-state index contributed by atoms with van der Waals surface area (Å²) in [7, 11) is 0. The molecule has 0 bridgehead atoms. The summed E-state index contributed by atoms with van der Waals surface area (Å²) in [6.45, 7) is 3.54. The van der Waals surface area contributed by atoms with Crippen molar-refractivity contribution in [1.82, 2.24) is 9.88 Å². The van der Waals surface area contributed by atoms with Gasteiger partial charge in [-0.3, -0.25) is 4.79 Å². The number of anilines is 1. The van der Waals surface area contributed by atoms with Crippen molar-refractivity contribution in [2.75, 3.05) is 18.0 Å². The van der Waals surface area contributed by atoms with Crippen LogP contribution in [0.25, 0.3) is 0 Å². The van der Waals surface area contributed by atoms with Gasteiger partial charge in [-0.15, -0.1) is 0 Å². The van der Waals surface area contributed by atoms with E-state index in [2.05, 4.69) is 22.9 Å². The van der Waals surface area contributed by atoms with Crippen LogP contribution in [-0.4, -0.2) is 40.7 Å². The van der Waals surface area contributed by atoms with Gasteiger partial charge in [0.15, 0.2) is 5.60 Å². The number of hydrogen-bond acceptors (Lipinski definition) is 4. The van der Waals surface area contributed by atoms with Gasteiger partial charge in [0.05, 0.1) is 6.04 Å². The Labute approximate surface area is 164 Å². The van der Waals surface area contributed by atoms with Crippen LogP contribution >= 0.6 is 0 Å². The number of ether oxygens (including phenoxy) is 1. The fraction of sp³-hybridized carbons (Fsp3) is 0.455. The number of amides is 1. The van der Waals surface area contributed by atoms with Crippen molar-refractivity contribution < 1.29 is 13.9 Å². The second kappa shape index (κ2) is 6.55. The van der Waals surface area contributed by atoms with Crippen molar-refractivity contribution >= 4 is 11.7 Å². The summed E-state index contributed by atoms with van der Waals surface area (Å²) in [6.07, 6.45) is 4.57. The van der Waals surface area contributed by atoms with Crippen molar-refractivity contribution in [2.45, 2.75) is 50.5 Å². The van der Waals surface area contributed by atoms with Gasteiger partial charge in [-0.05, 0) is 55.2 Å². The molecule has 4 heterocycles. The molecule has 3 saturated heterocycles. The van der Waals surface area contributed by atoms with Crippen LogP contribution < -0.4 is 4.90 Å². The van der Waals surface area contributed by atoms with E-state index in [0.717, 1.165) is 37.3 Å². The van der Waals surface area contributed by atoms with Crippen molar-refractivity contribution in [3.8, 4) is 0 Å². The first-order valence-corrected chi connectivity index (χ1v) is 9.99. The van der Waals surface area contributed by atoms with Crippen LogP contribution in [0.15, 0.2) is 42.6 Å². The highest BCUT2D eigenvalue weighted by Crippen LogP contribution is 2.47. The van der Waals surface area contributed by atoms with Crippen molar-refractivity contribution in [3.05, 3.63) is 59.5 Å². The SMILES string of the molecule is Cc1ccnc(N2CCC3(CC2)O[C@@H]2CC[C@@H](c4cccc(F)c4)N2C3=O)c1. The van der Waals surface area contributed by atoms with Crippen LogP contribution in [0, 0.1) is 12.7 Å². The monoisotopic (exact) mass is 381 g/mol. The molecule has 5 rings (SSSR count). The van der Waals surface area contributed by atoms with E-state index in [9.17, 15) is 9.18 Å². The minimum absolute atomic E-state index is 0.0705. The first-order chi connectivity index (χ1) is 13.6. The summed E-state index contributed by atoms with van der Waals surface area (Å²) in [5.74, 6) is 0.765. The number of benzene rings is 1. The molecule has 0 radical (unpaired) electrons. The lowest BCUT2D eigenvalue weighted by Crippen LogP contribution is -2.50. The molecular formula is C22H24FN3O2. The summed E-state index contributed by atoms with van der Waals surface area (Å²) < 4.78 is 20.0. The molecule has 2 aromatic rings. The van der Waals surface area contributed by atoms with E-state index < -0.39 is 5.60 Å². The maximum absolute atomic E-state index is 13.7. The van der Waals surface area contributed by atoms with Gasteiger partial charge in [0.2, 0.25) is 0 Å². The Morgan fingerprint density at radius 2 is 2.00 bits per heavy atom. The Bertz CT molecular complexity index is 910. The number of fused-ring (bicyclic) bond motifs is 1. The van der Waals surface area contributed by atoms with Gasteiger partial charge >= 0.3 is 0 Å². The number of aromatic nitrogens is 1. The van der Waals surface area contributed by atoms with E-state index in [1.54, 1.807) is 6.07 Å². The molecule has 146 valence electrons. The number of rotatable bonds is 2. The van der Waals surface area contributed by atoms with Gasteiger partial charge in [-0.2, -0.15) is 0 Å². The molecule has 1 aromatic heterocycles. The number of carbonyl (C=O) groups excluding carboxylic acids is 1. The van der Waals surface area contributed by atoms with E-state index in [0.29, 0.717) is 12.8 Å². The smallest absolute Gasteiger partial charge is 0.257 e. The quantitative estimate of drug-likeness (QED) is 0.798. The highest BCUT2D eigenvalue weighted by molar-refractivity contribution is 5.88. The second-order valence-corrected chi connectivity index (χ2v) is 8.11. The maximum atomic E-state index is 13.7. The molecule has 3 aliphatic rings. The molecule has 1 amide bonds. The number of hydrogen-bond donors (Lipinski definition) is 0. The summed E-state index contributed by atoms with van der Waals surface area (Å²) in [6, 6.07) is 10.6. The first kappa shape index (κ1) is 17.6. The number of nitrogens with zero attached hydrogens (tertiary/aromatic N) is 3. The van der Waals surface area contributed by atoms with Crippen LogP contribution in [0.2, 0.25) is 0 Å². The fourth-order valence-corrected chi connectivity index (χ4v) is 4.88. The van der Waals surface area contributed by atoms with E-state index in [4.69, 9.17) is 4.74 Å². The lowest BCUT2D eigenvalue weighted by molar-refractivity contribution is -0.140. The Morgan fingerprint density at radius 1 is 1.18 bits per heavy atom. The second-order valence-electron chi connectivity index (χ2n) is 8.11. The zero-order chi connectivity index (χ0) is 19.3. The molecule has 0 N–H and O–H groups in total. The van der Waals surface area contributed by atoms with Crippen LogP contribution in [0.3, 0.4) is 0 Å². The van der Waals surface area contributed by atoms with Crippen LogP contribution in [0.4, 0.5) is 10.2 Å². The predicted octanol–water partition coefficient (Wildman–Crippen LogP) is 3.59. The Hall–Kier alpha value is -2.47. The third kappa shape index (κ3) is 2.78. The molecule has 3 aliphatic heterocycles. The topological polar surface area (TPSA) is 45.7 Å². The van der Waals surface area contributed by atoms with Crippen molar-refractivity contribution in [3.63, 3.8) is 0 Å². The lowest BCUT2D eigenvalue weighted by Gasteiger charge is -2.38. The summed E-state index contributed by atoms with van der Waals surface area (Å²) in [5, 5.41) is 0. The summed E-state index contributed by atoms with van der Waals surface area (Å²) in [5.41, 5.74) is 1.30. The molecule has 5 nitrogen and oxygen atoms in total. The highest BCUT2D eigenvalue weighted by Gasteiger charge is 2.58. The predicted molar refractivity (Wildman–Crippen MR) is 103 cm³/mol. The van der Waals surface area contributed by atoms with Crippen LogP contribution in [0.1, 0.15) is 42.9 Å². The number of pyridine rings is 1. The molecular weight excluding hydrogens is 357 g/mol. The zero-order valence-corrected chi connectivity index (χ0v) is 16.0. The third-order valence-corrected chi connectivity index (χ3v) is 6.35. The molecule has 0 saturated carbocycles. The fourth-order valence-electron chi connectivity index (χ4n) is 4.88. The number of carbonyl (C=O) groups is 1. The normalized spacial score (nSPS) is 26.1. The number of halogens is 1. The van der Waals surface area contributed by atoms with Gasteiger partial charge in [0.1, 0.15) is 17.9 Å². The molecule has 0 unspecified atom stereocenters. The Morgan fingerprint density at radius 3 is 2.75 bits per heavy atom. The van der Waals surface area contributed by atoms with Crippen LogP contribution in [-0.2, 0) is 9.53 Å². The van der Waals surface area contributed by atoms with E-state index in [1.807, 2.05) is 23.2 Å². The van der Waals surface area contributed by atoms with Gasteiger partial charge in [0, 0.05) is 32.1 Å². The summed E-state index contributed by atoms with van der Waals surface area (Å²) >= 11 is 0. The number of piperidine rings is 1. The molecule has 0 aliphatic carbocycles. The maximum Gasteiger partial charge on any atom is 0.257 e. The summed E-state index contributed by atoms with van der Waals surface area (Å²) in [4.78, 5) is 22.0. The third-order valence-electron chi connectivity index (χ3n) is 6.35. The average Bonchev–Trinajstić information content (AvgIpc) is 3.21. The first-order valence-electron chi connectivity index (χ1n) is 9.99. The van der Waals surface area contributed by atoms with E-state index >= 15 is 0 Å².